The largest absolute Gasteiger partial charge is 0.452 e. The minimum atomic E-state index is -0.709. The van der Waals surface area contributed by atoms with Gasteiger partial charge in [-0.2, -0.15) is 10.2 Å². The van der Waals surface area contributed by atoms with Gasteiger partial charge in [-0.25, -0.2) is 9.59 Å². The molecule has 3 amide bonds. The van der Waals surface area contributed by atoms with Crippen LogP contribution < -0.4 is 16.4 Å². The number of hydrogen-bond donors (Lipinski definition) is 3. The highest BCUT2D eigenvalue weighted by atomic mass is 16.5. The van der Waals surface area contributed by atoms with Crippen molar-refractivity contribution in [3.05, 3.63) is 84.4 Å². The minimum absolute atomic E-state index is 0.232. The Kier molecular flexibility index (Phi) is 7.04. The monoisotopic (exact) mass is 417 g/mol. The van der Waals surface area contributed by atoms with Gasteiger partial charge in [0.05, 0.1) is 16.9 Å². The molecule has 0 aliphatic rings. The van der Waals surface area contributed by atoms with E-state index in [1.54, 1.807) is 24.3 Å². The van der Waals surface area contributed by atoms with Crippen molar-refractivity contribution in [1.82, 2.24) is 0 Å². The average Bonchev–Trinajstić information content (AvgIpc) is 2.78. The molecule has 0 aliphatic heterocycles. The van der Waals surface area contributed by atoms with Crippen molar-refractivity contribution in [3.63, 3.8) is 0 Å². The van der Waals surface area contributed by atoms with E-state index >= 15 is 0 Å². The number of benzene rings is 3. The van der Waals surface area contributed by atoms with Crippen molar-refractivity contribution in [1.29, 1.82) is 0 Å². The second kappa shape index (κ2) is 10.3. The molecule has 3 aromatic carbocycles. The van der Waals surface area contributed by atoms with Gasteiger partial charge in [0.25, 0.3) is 5.91 Å². The highest BCUT2D eigenvalue weighted by Gasteiger charge is 2.11. The Morgan fingerprint density at radius 3 is 1.90 bits per heavy atom. The second-order valence-corrected chi connectivity index (χ2v) is 6.27. The zero-order chi connectivity index (χ0) is 22.1. The number of nitrogens with two attached hydrogens (primary N) is 1. The third kappa shape index (κ3) is 6.79. The van der Waals surface area contributed by atoms with Crippen LogP contribution in [-0.2, 0) is 9.53 Å². The summed E-state index contributed by atoms with van der Waals surface area (Å²) in [5.74, 6) is -1.16. The molecule has 0 saturated heterocycles. The molecule has 0 bridgehead atoms. The lowest BCUT2D eigenvalue weighted by atomic mass is 10.2. The molecule has 0 fully saturated rings. The van der Waals surface area contributed by atoms with E-state index < -0.39 is 24.5 Å². The maximum Gasteiger partial charge on any atom is 0.338 e. The molecule has 3 rings (SSSR count). The summed E-state index contributed by atoms with van der Waals surface area (Å²) in [6.07, 6.45) is 0. The summed E-state index contributed by atoms with van der Waals surface area (Å²) < 4.78 is 5.00. The fourth-order valence-corrected chi connectivity index (χ4v) is 2.46. The lowest BCUT2D eigenvalue weighted by molar-refractivity contribution is -0.119. The number of carbonyl (C=O) groups excluding carboxylic acids is 3. The number of primary amides is 1. The smallest absolute Gasteiger partial charge is 0.338 e. The maximum absolute atomic E-state index is 12.0. The molecule has 0 aliphatic carbocycles. The lowest BCUT2D eigenvalue weighted by Gasteiger charge is -2.07. The Bertz CT molecular complexity index is 1080. The van der Waals surface area contributed by atoms with Crippen molar-refractivity contribution in [2.24, 2.45) is 16.0 Å². The molecule has 0 radical (unpaired) electrons. The summed E-state index contributed by atoms with van der Waals surface area (Å²) in [6.45, 7) is -0.449. The van der Waals surface area contributed by atoms with Gasteiger partial charge in [-0.15, -0.1) is 0 Å². The van der Waals surface area contributed by atoms with Crippen molar-refractivity contribution in [2.75, 3.05) is 17.2 Å². The van der Waals surface area contributed by atoms with Crippen molar-refractivity contribution >= 4 is 40.7 Å². The number of hydrogen-bond acceptors (Lipinski definition) is 6. The third-order valence-corrected chi connectivity index (χ3v) is 3.91. The zero-order valence-electron chi connectivity index (χ0n) is 16.3. The Morgan fingerprint density at radius 1 is 0.742 bits per heavy atom. The maximum atomic E-state index is 12.0. The van der Waals surface area contributed by atoms with Crippen LogP contribution in [0.15, 0.2) is 89.1 Å². The van der Waals surface area contributed by atoms with E-state index in [0.717, 1.165) is 5.69 Å². The van der Waals surface area contributed by atoms with Crippen LogP contribution in [0.4, 0.5) is 27.5 Å². The van der Waals surface area contributed by atoms with Crippen molar-refractivity contribution < 1.29 is 19.1 Å². The van der Waals surface area contributed by atoms with E-state index in [2.05, 4.69) is 20.9 Å². The molecular formula is C22H19N5O4. The Labute approximate surface area is 177 Å². The first kappa shape index (κ1) is 21.2. The van der Waals surface area contributed by atoms with E-state index in [1.807, 2.05) is 30.3 Å². The van der Waals surface area contributed by atoms with Crippen LogP contribution in [0, 0.1) is 0 Å². The number of nitrogens with zero attached hydrogens (tertiary/aromatic N) is 2. The molecule has 0 heterocycles. The van der Waals surface area contributed by atoms with E-state index in [4.69, 9.17) is 10.5 Å². The van der Waals surface area contributed by atoms with E-state index in [9.17, 15) is 14.4 Å². The molecule has 31 heavy (non-hydrogen) atoms. The van der Waals surface area contributed by atoms with Gasteiger partial charge in [0.2, 0.25) is 0 Å². The topological polar surface area (TPSA) is 135 Å². The number of rotatable bonds is 7. The quantitative estimate of drug-likeness (QED) is 0.388. The zero-order valence-corrected chi connectivity index (χ0v) is 16.3. The average molecular weight is 417 g/mol. The number of anilines is 2. The number of carbonyl (C=O) groups is 3. The summed E-state index contributed by atoms with van der Waals surface area (Å²) >= 11 is 0. The molecule has 156 valence electrons. The fourth-order valence-electron chi connectivity index (χ4n) is 2.46. The van der Waals surface area contributed by atoms with Crippen LogP contribution in [0.3, 0.4) is 0 Å². The highest BCUT2D eigenvalue weighted by Crippen LogP contribution is 2.20. The van der Waals surface area contributed by atoms with Crippen LogP contribution in [0.25, 0.3) is 0 Å². The lowest BCUT2D eigenvalue weighted by Crippen LogP contribution is -2.21. The molecule has 0 unspecified atom stereocenters. The Hall–Kier alpha value is -4.53. The fraction of sp³-hybridized carbons (Fsp3) is 0.0455. The number of urea groups is 1. The van der Waals surface area contributed by atoms with Gasteiger partial charge in [0, 0.05) is 11.4 Å². The standard InChI is InChI=1S/C22H19N5O4/c23-22(30)25-17-8-6-15(7-9-17)21(29)31-14-20(28)24-16-10-12-19(13-11-16)27-26-18-4-2-1-3-5-18/h1-13H,14H2,(H,24,28)(H3,23,25,30). The Morgan fingerprint density at radius 2 is 1.29 bits per heavy atom. The number of azo groups is 1. The van der Waals surface area contributed by atoms with Crippen LogP contribution in [-0.4, -0.2) is 24.5 Å². The van der Waals surface area contributed by atoms with Crippen molar-refractivity contribution in [3.8, 4) is 0 Å². The SMILES string of the molecule is NC(=O)Nc1ccc(C(=O)OCC(=O)Nc2ccc(N=Nc3ccccc3)cc2)cc1. The minimum Gasteiger partial charge on any atom is -0.452 e. The van der Waals surface area contributed by atoms with Crippen LogP contribution in [0.2, 0.25) is 0 Å². The van der Waals surface area contributed by atoms with Gasteiger partial charge >= 0.3 is 12.0 Å². The molecule has 4 N–H and O–H groups in total. The first-order valence-electron chi connectivity index (χ1n) is 9.20. The number of esters is 1. The molecule has 9 heteroatoms. The molecule has 0 atom stereocenters. The molecule has 0 spiro atoms. The van der Waals surface area contributed by atoms with Crippen LogP contribution in [0.1, 0.15) is 10.4 Å². The summed E-state index contributed by atoms with van der Waals surface area (Å²) in [4.78, 5) is 34.8. The normalized spacial score (nSPS) is 10.5. The second-order valence-electron chi connectivity index (χ2n) is 6.27. The first-order valence-corrected chi connectivity index (χ1v) is 9.20. The van der Waals surface area contributed by atoms with E-state index in [1.165, 1.54) is 24.3 Å². The number of ether oxygens (including phenoxy) is 1. The van der Waals surface area contributed by atoms with Gasteiger partial charge in [0.15, 0.2) is 6.61 Å². The highest BCUT2D eigenvalue weighted by molar-refractivity contribution is 5.96. The van der Waals surface area contributed by atoms with Gasteiger partial charge in [-0.3, -0.25) is 4.79 Å². The van der Waals surface area contributed by atoms with Crippen molar-refractivity contribution in [2.45, 2.75) is 0 Å². The molecular weight excluding hydrogens is 398 g/mol. The van der Waals surface area contributed by atoms with E-state index in [0.29, 0.717) is 17.1 Å². The number of amides is 3. The summed E-state index contributed by atoms with van der Waals surface area (Å²) in [6, 6.07) is 21.3. The molecule has 3 aromatic rings. The third-order valence-electron chi connectivity index (χ3n) is 3.91. The summed E-state index contributed by atoms with van der Waals surface area (Å²) in [5.41, 5.74) is 7.58. The van der Waals surface area contributed by atoms with Gasteiger partial charge < -0.3 is 21.1 Å². The number of nitrogens with one attached hydrogen (secondary N) is 2. The Balaban J connectivity index is 1.47. The van der Waals surface area contributed by atoms with Gasteiger partial charge in [0.1, 0.15) is 0 Å². The molecule has 0 aromatic heterocycles. The summed E-state index contributed by atoms with van der Waals surface area (Å²) in [5, 5.41) is 13.3. The van der Waals surface area contributed by atoms with Gasteiger partial charge in [-0.1, -0.05) is 18.2 Å². The molecule has 0 saturated carbocycles. The summed E-state index contributed by atoms with van der Waals surface area (Å²) in [7, 11) is 0. The van der Waals surface area contributed by atoms with Crippen LogP contribution >= 0.6 is 0 Å². The predicted octanol–water partition coefficient (Wildman–Crippen LogP) is 4.39. The van der Waals surface area contributed by atoms with Gasteiger partial charge in [-0.05, 0) is 60.7 Å². The van der Waals surface area contributed by atoms with Crippen LogP contribution in [0.5, 0.6) is 0 Å². The van der Waals surface area contributed by atoms with E-state index in [-0.39, 0.29) is 5.56 Å². The predicted molar refractivity (Wildman–Crippen MR) is 116 cm³/mol. The molecule has 9 nitrogen and oxygen atoms in total. The first-order chi connectivity index (χ1) is 15.0.